The fourth-order valence-corrected chi connectivity index (χ4v) is 11.1. The Balaban J connectivity index is 3.37. The maximum absolute atomic E-state index is 12.5. The van der Waals surface area contributed by atoms with Gasteiger partial charge in [0.05, 0.1) is 25.4 Å². The normalized spacial score (nSPS) is 12.5. The highest BCUT2D eigenvalue weighted by Crippen LogP contribution is 2.19. The third kappa shape index (κ3) is 61.7. The van der Waals surface area contributed by atoms with E-state index < -0.39 is 12.1 Å². The SMILES string of the molecule is CCCCCCCCCCCCCCCCC/C=C/C(O)C(CO)NC(=O)CCCCCCCCCCCCCCCCCCCCCCCCCOC(=O)CCCCCCCCCCCCCCCCCCCC. The quantitative estimate of drug-likeness (QED) is 0.0320. The molecule has 0 aliphatic rings. The third-order valence-corrected chi connectivity index (χ3v) is 16.3. The largest absolute Gasteiger partial charge is 0.466 e. The zero-order valence-corrected chi connectivity index (χ0v) is 51.1. The molecule has 0 aromatic carbocycles. The number of hydrogen-bond acceptors (Lipinski definition) is 5. The first-order valence-electron chi connectivity index (χ1n) is 34.5. The molecule has 0 bridgehead atoms. The molecule has 0 aromatic heterocycles. The van der Waals surface area contributed by atoms with Crippen LogP contribution < -0.4 is 5.32 Å². The van der Waals surface area contributed by atoms with Crippen LogP contribution in [0.4, 0.5) is 0 Å². The molecule has 0 aromatic rings. The predicted octanol–water partition coefficient (Wildman–Crippen LogP) is 22.0. The van der Waals surface area contributed by atoms with Crippen molar-refractivity contribution >= 4 is 11.9 Å². The second kappa shape index (κ2) is 65.1. The number of esters is 1. The molecule has 1 amide bonds. The number of unbranched alkanes of at least 4 members (excludes halogenated alkanes) is 54. The minimum Gasteiger partial charge on any atom is -0.466 e. The fourth-order valence-electron chi connectivity index (χ4n) is 11.1. The summed E-state index contributed by atoms with van der Waals surface area (Å²) in [5, 5.41) is 23.2. The van der Waals surface area contributed by atoms with Gasteiger partial charge in [-0.05, 0) is 32.1 Å². The molecule has 0 saturated carbocycles. The smallest absolute Gasteiger partial charge is 0.305 e. The molecular weight excluding hydrogens is 923 g/mol. The number of aliphatic hydroxyl groups excluding tert-OH is 2. The molecule has 0 fully saturated rings. The van der Waals surface area contributed by atoms with Gasteiger partial charge in [0.1, 0.15) is 0 Å². The maximum Gasteiger partial charge on any atom is 0.305 e. The van der Waals surface area contributed by atoms with E-state index in [1.165, 1.54) is 327 Å². The van der Waals surface area contributed by atoms with Gasteiger partial charge in [0.2, 0.25) is 5.91 Å². The second-order valence-corrected chi connectivity index (χ2v) is 23.9. The molecule has 0 saturated heterocycles. The van der Waals surface area contributed by atoms with Crippen molar-refractivity contribution in [1.82, 2.24) is 5.32 Å². The van der Waals surface area contributed by atoms with Gasteiger partial charge in [-0.1, -0.05) is 360 Å². The highest BCUT2D eigenvalue weighted by atomic mass is 16.5. The summed E-state index contributed by atoms with van der Waals surface area (Å²) in [6, 6.07) is -0.627. The summed E-state index contributed by atoms with van der Waals surface area (Å²) in [5.74, 6) is -0.0446. The Kier molecular flexibility index (Phi) is 63.9. The van der Waals surface area contributed by atoms with E-state index in [9.17, 15) is 19.8 Å². The van der Waals surface area contributed by atoms with Crippen molar-refractivity contribution < 1.29 is 24.5 Å². The van der Waals surface area contributed by atoms with Gasteiger partial charge >= 0.3 is 5.97 Å². The Bertz CT molecular complexity index is 1130. The van der Waals surface area contributed by atoms with Crippen LogP contribution in [0.1, 0.15) is 393 Å². The van der Waals surface area contributed by atoms with E-state index in [0.717, 1.165) is 38.5 Å². The lowest BCUT2D eigenvalue weighted by Gasteiger charge is -2.20. The lowest BCUT2D eigenvalue weighted by Crippen LogP contribution is -2.45. The van der Waals surface area contributed by atoms with E-state index in [1.54, 1.807) is 6.08 Å². The molecule has 0 spiro atoms. The molecule has 0 heterocycles. The summed E-state index contributed by atoms with van der Waals surface area (Å²) < 4.78 is 5.51. The Morgan fingerprint density at radius 3 is 0.907 bits per heavy atom. The number of carbonyl (C=O) groups excluding carboxylic acids is 2. The summed E-state index contributed by atoms with van der Waals surface area (Å²) in [4.78, 5) is 24.6. The molecule has 6 heteroatoms. The first kappa shape index (κ1) is 73.6. The van der Waals surface area contributed by atoms with Crippen molar-refractivity contribution in [2.45, 2.75) is 405 Å². The van der Waals surface area contributed by atoms with E-state index >= 15 is 0 Å². The highest BCUT2D eigenvalue weighted by molar-refractivity contribution is 5.76. The zero-order valence-electron chi connectivity index (χ0n) is 51.1. The average molecular weight is 1060 g/mol. The molecule has 2 unspecified atom stereocenters. The Labute approximate surface area is 469 Å². The van der Waals surface area contributed by atoms with Crippen molar-refractivity contribution in [3.05, 3.63) is 12.2 Å². The first-order valence-corrected chi connectivity index (χ1v) is 34.5. The van der Waals surface area contributed by atoms with Crippen molar-refractivity contribution in [1.29, 1.82) is 0 Å². The molecule has 0 aliphatic carbocycles. The van der Waals surface area contributed by atoms with Crippen LogP contribution in [0.5, 0.6) is 0 Å². The molecule has 3 N–H and O–H groups in total. The van der Waals surface area contributed by atoms with E-state index in [0.29, 0.717) is 19.4 Å². The topological polar surface area (TPSA) is 95.9 Å². The molecule has 0 aliphatic heterocycles. The van der Waals surface area contributed by atoms with Crippen LogP contribution >= 0.6 is 0 Å². The van der Waals surface area contributed by atoms with Crippen molar-refractivity contribution in [2.75, 3.05) is 13.2 Å². The van der Waals surface area contributed by atoms with Gasteiger partial charge in [0, 0.05) is 12.8 Å². The number of carbonyl (C=O) groups is 2. The molecule has 0 rings (SSSR count). The fraction of sp³-hybridized carbons (Fsp3) is 0.942. The van der Waals surface area contributed by atoms with E-state index in [1.807, 2.05) is 6.08 Å². The Morgan fingerprint density at radius 2 is 0.613 bits per heavy atom. The number of nitrogens with one attached hydrogen (secondary N) is 1. The third-order valence-electron chi connectivity index (χ3n) is 16.3. The summed E-state index contributed by atoms with van der Waals surface area (Å²) in [7, 11) is 0. The number of ether oxygens (including phenoxy) is 1. The van der Waals surface area contributed by atoms with E-state index in [4.69, 9.17) is 4.74 Å². The van der Waals surface area contributed by atoms with Crippen LogP contribution in [-0.4, -0.2) is 47.4 Å². The van der Waals surface area contributed by atoms with E-state index in [2.05, 4.69) is 19.2 Å². The molecular formula is C69H135NO5. The van der Waals surface area contributed by atoms with Gasteiger partial charge < -0.3 is 20.3 Å². The molecule has 2 atom stereocenters. The predicted molar refractivity (Wildman–Crippen MR) is 329 cm³/mol. The molecule has 0 radical (unpaired) electrons. The molecule has 6 nitrogen and oxygen atoms in total. The van der Waals surface area contributed by atoms with Gasteiger partial charge in [-0.3, -0.25) is 9.59 Å². The average Bonchev–Trinajstić information content (AvgIpc) is 3.41. The van der Waals surface area contributed by atoms with Crippen molar-refractivity contribution in [3.63, 3.8) is 0 Å². The van der Waals surface area contributed by atoms with Crippen molar-refractivity contribution in [2.24, 2.45) is 0 Å². The van der Waals surface area contributed by atoms with Crippen LogP contribution in [-0.2, 0) is 14.3 Å². The van der Waals surface area contributed by atoms with Gasteiger partial charge in [-0.25, -0.2) is 0 Å². The van der Waals surface area contributed by atoms with Gasteiger partial charge in [-0.2, -0.15) is 0 Å². The van der Waals surface area contributed by atoms with Gasteiger partial charge in [-0.15, -0.1) is 0 Å². The number of allylic oxidation sites excluding steroid dienone is 1. The monoisotopic (exact) mass is 1060 g/mol. The Hall–Kier alpha value is -1.40. The minimum absolute atomic E-state index is 0.0193. The zero-order chi connectivity index (χ0) is 54.3. The van der Waals surface area contributed by atoms with Gasteiger partial charge in [0.15, 0.2) is 0 Å². The standard InChI is InChI=1S/C69H135NO5/c1-3-5-7-9-11-13-15-17-19-21-31-35-39-43-47-51-55-59-63-69(74)75-64-60-56-52-48-44-40-36-32-28-26-24-22-23-25-27-30-34-38-42-46-50-54-58-62-68(73)70-66(65-71)67(72)61-57-53-49-45-41-37-33-29-20-18-16-14-12-10-8-6-4-2/h57,61,66-67,71-72H,3-56,58-60,62-65H2,1-2H3,(H,70,73)/b61-57+. The summed E-state index contributed by atoms with van der Waals surface area (Å²) in [5.41, 5.74) is 0. The first-order chi connectivity index (χ1) is 37.0. The maximum atomic E-state index is 12.5. The lowest BCUT2D eigenvalue weighted by atomic mass is 10.0. The van der Waals surface area contributed by atoms with Crippen LogP contribution in [0.25, 0.3) is 0 Å². The van der Waals surface area contributed by atoms with Crippen LogP contribution in [0.15, 0.2) is 12.2 Å². The minimum atomic E-state index is -0.844. The van der Waals surface area contributed by atoms with Crippen LogP contribution in [0.2, 0.25) is 0 Å². The molecule has 446 valence electrons. The highest BCUT2D eigenvalue weighted by Gasteiger charge is 2.18. The van der Waals surface area contributed by atoms with Crippen LogP contribution in [0.3, 0.4) is 0 Å². The summed E-state index contributed by atoms with van der Waals surface area (Å²) in [6.07, 6.45) is 79.9. The van der Waals surface area contributed by atoms with E-state index in [-0.39, 0.29) is 18.5 Å². The number of amides is 1. The second-order valence-electron chi connectivity index (χ2n) is 23.9. The van der Waals surface area contributed by atoms with Crippen molar-refractivity contribution in [3.8, 4) is 0 Å². The number of aliphatic hydroxyl groups is 2. The molecule has 75 heavy (non-hydrogen) atoms. The van der Waals surface area contributed by atoms with Gasteiger partial charge in [0.25, 0.3) is 0 Å². The summed E-state index contributed by atoms with van der Waals surface area (Å²) >= 11 is 0. The lowest BCUT2D eigenvalue weighted by molar-refractivity contribution is -0.143. The van der Waals surface area contributed by atoms with Crippen LogP contribution in [0, 0.1) is 0 Å². The number of rotatable bonds is 65. The number of hydrogen-bond donors (Lipinski definition) is 3. The Morgan fingerprint density at radius 1 is 0.360 bits per heavy atom. The summed E-state index contributed by atoms with van der Waals surface area (Å²) in [6.45, 7) is 4.95.